The first-order valence-corrected chi connectivity index (χ1v) is 6.31. The molecule has 9 heteroatoms. The number of hydrogen-bond acceptors (Lipinski definition) is 3. The summed E-state index contributed by atoms with van der Waals surface area (Å²) in [6, 6.07) is 2.49. The lowest BCUT2D eigenvalue weighted by Crippen LogP contribution is -2.25. The fourth-order valence-electron chi connectivity index (χ4n) is 2.30. The van der Waals surface area contributed by atoms with Crippen molar-refractivity contribution in [3.63, 3.8) is 0 Å². The maximum Gasteiger partial charge on any atom is 0.423 e. The predicted molar refractivity (Wildman–Crippen MR) is 73.2 cm³/mol. The fraction of sp³-hybridized carbons (Fsp3) is 0.143. The number of ether oxygens (including phenoxy) is 1. The van der Waals surface area contributed by atoms with E-state index < -0.39 is 28.8 Å². The molecule has 23 heavy (non-hydrogen) atoms. The zero-order chi connectivity index (χ0) is 16.8. The summed E-state index contributed by atoms with van der Waals surface area (Å²) in [5.41, 5.74) is -3.17. The highest BCUT2D eigenvalue weighted by Crippen LogP contribution is 2.32. The lowest BCUT2D eigenvalue weighted by atomic mass is 10.2. The number of fused-ring (bicyclic) bond motifs is 1. The number of hydrogen-bond donors (Lipinski definition) is 1. The summed E-state index contributed by atoms with van der Waals surface area (Å²) in [5, 5.41) is 5.97. The van der Waals surface area contributed by atoms with Crippen LogP contribution in [0.3, 0.4) is 0 Å². The molecule has 0 fully saturated rings. The number of benzene rings is 1. The van der Waals surface area contributed by atoms with Gasteiger partial charge in [0, 0.05) is 23.2 Å². The van der Waals surface area contributed by atoms with Crippen LogP contribution in [0, 0.1) is 5.82 Å². The standard InChI is InChI=1S/C14H9F4N3O2/c1-23-11-3-8-6-21(5-7(8)2-9(11)15)10-4-19-20-13(22)12(10)14(16,17)18/h2-6H,1H3,(H,20,22). The number of methoxy groups -OCH3 is 1. The molecule has 0 saturated heterocycles. The maximum absolute atomic E-state index is 13.7. The molecule has 1 N–H and O–H groups in total. The first-order valence-electron chi connectivity index (χ1n) is 6.31. The Morgan fingerprint density at radius 2 is 1.87 bits per heavy atom. The van der Waals surface area contributed by atoms with Crippen LogP contribution in [0.15, 0.2) is 35.5 Å². The van der Waals surface area contributed by atoms with E-state index in [1.54, 1.807) is 5.10 Å². The van der Waals surface area contributed by atoms with Crippen molar-refractivity contribution in [2.45, 2.75) is 6.18 Å². The molecule has 0 aliphatic rings. The molecule has 0 spiro atoms. The lowest BCUT2D eigenvalue weighted by Gasteiger charge is -2.11. The highest BCUT2D eigenvalue weighted by Gasteiger charge is 2.37. The molecule has 0 radical (unpaired) electrons. The van der Waals surface area contributed by atoms with Gasteiger partial charge >= 0.3 is 6.18 Å². The van der Waals surface area contributed by atoms with Crippen molar-refractivity contribution in [3.05, 3.63) is 52.5 Å². The number of aromatic amines is 1. The molecule has 0 unspecified atom stereocenters. The third kappa shape index (κ3) is 2.54. The normalized spacial score (nSPS) is 11.9. The van der Waals surface area contributed by atoms with Crippen molar-refractivity contribution >= 4 is 10.8 Å². The number of aromatic nitrogens is 3. The molecule has 2 heterocycles. The molecular weight excluding hydrogens is 318 g/mol. The Morgan fingerprint density at radius 1 is 1.22 bits per heavy atom. The number of rotatable bonds is 2. The lowest BCUT2D eigenvalue weighted by molar-refractivity contribution is -0.138. The summed E-state index contributed by atoms with van der Waals surface area (Å²) in [6.07, 6.45) is -1.35. The van der Waals surface area contributed by atoms with Gasteiger partial charge in [-0.3, -0.25) is 4.79 Å². The van der Waals surface area contributed by atoms with E-state index in [1.807, 2.05) is 0 Å². The smallest absolute Gasteiger partial charge is 0.423 e. The second kappa shape index (κ2) is 5.11. The molecule has 0 saturated carbocycles. The summed E-state index contributed by atoms with van der Waals surface area (Å²) in [4.78, 5) is 11.5. The van der Waals surface area contributed by atoms with E-state index in [0.29, 0.717) is 10.8 Å². The number of nitrogens with one attached hydrogen (secondary N) is 1. The van der Waals surface area contributed by atoms with E-state index in [0.717, 1.165) is 16.8 Å². The summed E-state index contributed by atoms with van der Waals surface area (Å²) in [6.45, 7) is 0. The van der Waals surface area contributed by atoms with Crippen LogP contribution in [0.2, 0.25) is 0 Å². The van der Waals surface area contributed by atoms with Crippen LogP contribution in [0.25, 0.3) is 16.5 Å². The molecule has 3 rings (SSSR count). The Bertz CT molecular complexity index is 943. The third-order valence-corrected chi connectivity index (χ3v) is 3.31. The van der Waals surface area contributed by atoms with Gasteiger partial charge in [-0.05, 0) is 12.1 Å². The van der Waals surface area contributed by atoms with E-state index >= 15 is 0 Å². The predicted octanol–water partition coefficient (Wildman–Crippen LogP) is 2.88. The molecule has 5 nitrogen and oxygen atoms in total. The Kier molecular flexibility index (Phi) is 3.35. The SMILES string of the molecule is COc1cc2cn(-c3cn[nH]c(=O)c3C(F)(F)F)cc2cc1F. The average Bonchev–Trinajstić information content (AvgIpc) is 2.87. The Morgan fingerprint density at radius 3 is 2.48 bits per heavy atom. The molecule has 1 aromatic carbocycles. The fourth-order valence-corrected chi connectivity index (χ4v) is 2.30. The molecule has 0 aliphatic heterocycles. The molecule has 120 valence electrons. The first kappa shape index (κ1) is 15.1. The summed E-state index contributed by atoms with van der Waals surface area (Å²) >= 11 is 0. The van der Waals surface area contributed by atoms with Gasteiger partial charge < -0.3 is 9.30 Å². The summed E-state index contributed by atoms with van der Waals surface area (Å²) < 4.78 is 58.9. The zero-order valence-corrected chi connectivity index (χ0v) is 11.6. The minimum absolute atomic E-state index is 0.0321. The van der Waals surface area contributed by atoms with Gasteiger partial charge in [0.2, 0.25) is 0 Å². The Hall–Kier alpha value is -2.84. The largest absolute Gasteiger partial charge is 0.494 e. The molecule has 0 aliphatic carbocycles. The van der Waals surface area contributed by atoms with E-state index in [9.17, 15) is 22.4 Å². The van der Waals surface area contributed by atoms with Crippen LogP contribution in [-0.2, 0) is 6.18 Å². The topological polar surface area (TPSA) is 59.9 Å². The molecule has 0 amide bonds. The second-order valence-corrected chi connectivity index (χ2v) is 4.74. The van der Waals surface area contributed by atoms with Crippen molar-refractivity contribution < 1.29 is 22.3 Å². The van der Waals surface area contributed by atoms with Gasteiger partial charge in [0.1, 0.15) is 5.56 Å². The monoisotopic (exact) mass is 327 g/mol. The second-order valence-electron chi connectivity index (χ2n) is 4.74. The van der Waals surface area contributed by atoms with Crippen LogP contribution in [0.4, 0.5) is 17.6 Å². The van der Waals surface area contributed by atoms with Crippen molar-refractivity contribution in [1.82, 2.24) is 14.8 Å². The van der Waals surface area contributed by atoms with Crippen LogP contribution >= 0.6 is 0 Å². The number of H-pyrrole nitrogens is 1. The van der Waals surface area contributed by atoms with Gasteiger partial charge in [0.15, 0.2) is 11.6 Å². The van der Waals surface area contributed by atoms with Crippen LogP contribution in [0.1, 0.15) is 5.56 Å². The van der Waals surface area contributed by atoms with Crippen molar-refractivity contribution in [3.8, 4) is 11.4 Å². The van der Waals surface area contributed by atoms with Crippen LogP contribution < -0.4 is 10.3 Å². The van der Waals surface area contributed by atoms with Crippen LogP contribution in [0.5, 0.6) is 5.75 Å². The van der Waals surface area contributed by atoms with Gasteiger partial charge in [0.25, 0.3) is 5.56 Å². The van der Waals surface area contributed by atoms with E-state index in [-0.39, 0.29) is 5.75 Å². The quantitative estimate of drug-likeness (QED) is 0.736. The molecule has 0 bridgehead atoms. The minimum atomic E-state index is -4.86. The van der Waals surface area contributed by atoms with E-state index in [4.69, 9.17) is 4.74 Å². The molecule has 2 aromatic heterocycles. The Balaban J connectivity index is 2.26. The van der Waals surface area contributed by atoms with E-state index in [2.05, 4.69) is 5.10 Å². The first-order chi connectivity index (χ1) is 10.8. The average molecular weight is 327 g/mol. The number of halogens is 4. The third-order valence-electron chi connectivity index (χ3n) is 3.31. The number of nitrogens with zero attached hydrogens (tertiary/aromatic N) is 2. The van der Waals surface area contributed by atoms with Crippen molar-refractivity contribution in [1.29, 1.82) is 0 Å². The van der Waals surface area contributed by atoms with Gasteiger partial charge in [-0.1, -0.05) is 0 Å². The summed E-state index contributed by atoms with van der Waals surface area (Å²) in [5.74, 6) is -0.673. The van der Waals surface area contributed by atoms with Gasteiger partial charge in [0.05, 0.1) is 19.0 Å². The maximum atomic E-state index is 13.7. The van der Waals surface area contributed by atoms with Gasteiger partial charge in [-0.2, -0.15) is 18.3 Å². The van der Waals surface area contributed by atoms with Gasteiger partial charge in [-0.15, -0.1) is 0 Å². The van der Waals surface area contributed by atoms with Gasteiger partial charge in [-0.25, -0.2) is 9.49 Å². The molecule has 0 atom stereocenters. The highest BCUT2D eigenvalue weighted by molar-refractivity contribution is 5.84. The number of alkyl halides is 3. The zero-order valence-electron chi connectivity index (χ0n) is 11.6. The van der Waals surface area contributed by atoms with E-state index in [1.165, 1.54) is 25.6 Å². The Labute approximate surface area is 126 Å². The minimum Gasteiger partial charge on any atom is -0.494 e. The van der Waals surface area contributed by atoms with Crippen LogP contribution in [-0.4, -0.2) is 21.9 Å². The molecular formula is C14H9F4N3O2. The van der Waals surface area contributed by atoms with Crippen molar-refractivity contribution in [2.24, 2.45) is 0 Å². The highest BCUT2D eigenvalue weighted by atomic mass is 19.4. The summed E-state index contributed by atoms with van der Waals surface area (Å²) in [7, 11) is 1.28. The molecule has 3 aromatic rings. The van der Waals surface area contributed by atoms with Crippen molar-refractivity contribution in [2.75, 3.05) is 7.11 Å².